The van der Waals surface area contributed by atoms with Crippen molar-refractivity contribution in [1.29, 1.82) is 0 Å². The van der Waals surface area contributed by atoms with Crippen LogP contribution in [-0.4, -0.2) is 52.6 Å². The molecule has 44 heavy (non-hydrogen) atoms. The van der Waals surface area contributed by atoms with Crippen molar-refractivity contribution in [3.8, 4) is 5.75 Å². The molecule has 0 fully saturated rings. The number of methoxy groups -OCH3 is 1. The molecule has 2 rings (SSSR count). The third-order valence-corrected chi connectivity index (χ3v) is 11.6. The van der Waals surface area contributed by atoms with Crippen LogP contribution in [0.5, 0.6) is 5.75 Å². The molecular weight excluding hydrogens is 623 g/mol. The number of carbonyl (C=O) groups is 1. The molecule has 0 saturated carbocycles. The fourth-order valence-electron chi connectivity index (χ4n) is 3.75. The number of nitrogens with two attached hydrogens (primary N) is 2. The first-order valence-corrected chi connectivity index (χ1v) is 18.2. The zero-order valence-electron chi connectivity index (χ0n) is 27.9. The van der Waals surface area contributed by atoms with E-state index >= 15 is 0 Å². The average molecular weight is 677 g/mol. The fourth-order valence-corrected chi connectivity index (χ4v) is 7.79. The second kappa shape index (κ2) is 19.3. The molecule has 1 unspecified atom stereocenters. The van der Waals surface area contributed by atoms with Gasteiger partial charge in [0.1, 0.15) is 0 Å². The third kappa shape index (κ3) is 12.0. The van der Waals surface area contributed by atoms with Gasteiger partial charge < -0.3 is 4.74 Å². The van der Waals surface area contributed by atoms with E-state index in [1.165, 1.54) is 51.7 Å². The van der Waals surface area contributed by atoms with E-state index in [4.69, 9.17) is 50.8 Å². The van der Waals surface area contributed by atoms with Crippen LogP contribution in [0.15, 0.2) is 46.2 Å². The van der Waals surface area contributed by atoms with Crippen LogP contribution in [0.2, 0.25) is 5.02 Å². The molecule has 12 heteroatoms. The van der Waals surface area contributed by atoms with Crippen LogP contribution in [0, 0.1) is 5.92 Å². The van der Waals surface area contributed by atoms with Crippen LogP contribution < -0.4 is 21.3 Å². The minimum absolute atomic E-state index is 0.106. The number of carbonyl (C=O) groups excluding carboxylic acids is 1. The molecule has 4 N–H and O–H groups in total. The minimum atomic E-state index is -4.60. The molecule has 0 spiro atoms. The van der Waals surface area contributed by atoms with Gasteiger partial charge in [-0.3, -0.25) is 0 Å². The summed E-state index contributed by atoms with van der Waals surface area (Å²) in [6.07, 6.45) is 5.05. The Morgan fingerprint density at radius 3 is 2.25 bits per heavy atom. The van der Waals surface area contributed by atoms with Crippen LogP contribution in [0.3, 0.4) is 0 Å². The van der Waals surface area contributed by atoms with Crippen LogP contribution in [0.4, 0.5) is 4.79 Å². The SMILES string of the molecule is CCCCCOCC(C)CC.COCOc1ccc(CN)cc1Sc1ccc(P(N)(OC)(OC)C(=O)OC(C)(C)C)c(Cl)c1. The summed E-state index contributed by atoms with van der Waals surface area (Å²) >= 11 is 8.04. The van der Waals surface area contributed by atoms with Gasteiger partial charge in [-0.2, -0.15) is 0 Å². The summed E-state index contributed by atoms with van der Waals surface area (Å²) in [4.78, 5) is 14.8. The van der Waals surface area contributed by atoms with E-state index in [9.17, 15) is 4.79 Å². The Balaban J connectivity index is 0.000000747. The van der Waals surface area contributed by atoms with E-state index in [1.54, 1.807) is 46.1 Å². The summed E-state index contributed by atoms with van der Waals surface area (Å²) in [5, 5.41) is 0.446. The average Bonchev–Trinajstić information content (AvgIpc) is 2.99. The monoisotopic (exact) mass is 676 g/mol. The summed E-state index contributed by atoms with van der Waals surface area (Å²) in [7, 11) is -0.432. The van der Waals surface area contributed by atoms with Gasteiger partial charge in [-0.1, -0.05) is 40.0 Å². The number of hydrogen-bond acceptors (Lipinski definition) is 10. The normalized spacial score (nSPS) is 13.3. The first kappa shape index (κ1) is 40.6. The van der Waals surface area contributed by atoms with Crippen LogP contribution in [-0.2, 0) is 29.8 Å². The van der Waals surface area contributed by atoms with E-state index in [1.807, 2.05) is 18.2 Å². The van der Waals surface area contributed by atoms with Crippen molar-refractivity contribution in [2.75, 3.05) is 41.3 Å². The second-order valence-electron chi connectivity index (χ2n) is 11.4. The molecule has 0 aliphatic rings. The molecular formula is C32H54ClN2O7PS. The number of halogens is 1. The number of rotatable bonds is 17. The molecule has 0 radical (unpaired) electrons. The molecule has 2 aromatic carbocycles. The van der Waals surface area contributed by atoms with E-state index in [2.05, 4.69) is 20.8 Å². The Morgan fingerprint density at radius 2 is 1.73 bits per heavy atom. The Labute approximate surface area is 274 Å². The van der Waals surface area contributed by atoms with E-state index in [0.717, 1.165) is 34.5 Å². The summed E-state index contributed by atoms with van der Waals surface area (Å²) < 4.78 is 32.9. The first-order valence-electron chi connectivity index (χ1n) is 14.9. The van der Waals surface area contributed by atoms with E-state index in [-0.39, 0.29) is 17.1 Å². The Morgan fingerprint density at radius 1 is 1.05 bits per heavy atom. The number of unbranched alkanes of at least 4 members (excludes halogenated alkanes) is 2. The quantitative estimate of drug-likeness (QED) is 0.0960. The van der Waals surface area contributed by atoms with Gasteiger partial charge in [-0.15, -0.1) is 0 Å². The number of hydrogen-bond donors (Lipinski definition) is 2. The Kier molecular flexibility index (Phi) is 17.8. The first-order chi connectivity index (χ1) is 20.7. The van der Waals surface area contributed by atoms with Crippen LogP contribution >= 0.6 is 30.6 Å². The number of ether oxygens (including phenoxy) is 4. The van der Waals surface area contributed by atoms with Gasteiger partial charge in [-0.05, 0) is 12.3 Å². The molecule has 2 aromatic rings. The molecule has 0 amide bonds. The molecule has 0 aliphatic heterocycles. The van der Waals surface area contributed by atoms with Crippen molar-refractivity contribution in [3.63, 3.8) is 0 Å². The zero-order valence-corrected chi connectivity index (χ0v) is 30.4. The van der Waals surface area contributed by atoms with Gasteiger partial charge in [0.05, 0.1) is 0 Å². The molecule has 0 aliphatic carbocycles. The van der Waals surface area contributed by atoms with E-state index < -0.39 is 18.5 Å². The summed E-state index contributed by atoms with van der Waals surface area (Å²) in [6.45, 7) is 14.3. The van der Waals surface area contributed by atoms with Crippen molar-refractivity contribution >= 4 is 41.6 Å². The standard InChI is InChI=1S/C22H32ClN2O6PS.C10H22O/c1-22(2,3)31-21(26)32(25,28-5,29-6)19-10-8-16(12-17(19)23)33-20-11-15(13-24)7-9-18(20)30-14-27-4;1-4-6-7-8-11-9-10(3)5-2/h7-12H,13-14,24-25H2,1-6H3;10H,4-9H2,1-3H3. The van der Waals surface area contributed by atoms with Crippen LogP contribution in [0.1, 0.15) is 72.8 Å². The van der Waals surface area contributed by atoms with Crippen LogP contribution in [0.25, 0.3) is 0 Å². The molecule has 9 nitrogen and oxygen atoms in total. The van der Waals surface area contributed by atoms with Crippen molar-refractivity contribution in [1.82, 2.24) is 0 Å². The third-order valence-electron chi connectivity index (χ3n) is 6.64. The van der Waals surface area contributed by atoms with Gasteiger partial charge >= 0.3 is 204 Å². The topological polar surface area (TPSA) is 124 Å². The summed E-state index contributed by atoms with van der Waals surface area (Å²) in [5.74, 6) is 1.37. The van der Waals surface area contributed by atoms with Gasteiger partial charge in [0, 0.05) is 13.2 Å². The maximum absolute atomic E-state index is 13.2. The molecule has 0 saturated heterocycles. The van der Waals surface area contributed by atoms with Crippen molar-refractivity contribution in [2.24, 2.45) is 17.2 Å². The second-order valence-corrected chi connectivity index (χ2v) is 16.6. The molecule has 1 atom stereocenters. The summed E-state index contributed by atoms with van der Waals surface area (Å²) in [6, 6.07) is 10.8. The maximum atomic E-state index is 13.2. The van der Waals surface area contributed by atoms with Gasteiger partial charge in [-0.25, -0.2) is 0 Å². The molecule has 252 valence electrons. The Hall–Kier alpha value is -1.46. The number of benzene rings is 2. The van der Waals surface area contributed by atoms with Gasteiger partial charge in [0.25, 0.3) is 0 Å². The summed E-state index contributed by atoms with van der Waals surface area (Å²) in [5.41, 5.74) is 11.7. The van der Waals surface area contributed by atoms with Crippen molar-refractivity contribution < 1.29 is 32.8 Å². The zero-order chi connectivity index (χ0) is 33.4. The van der Waals surface area contributed by atoms with Gasteiger partial charge in [0.2, 0.25) is 0 Å². The molecule has 0 heterocycles. The van der Waals surface area contributed by atoms with Gasteiger partial charge in [0.15, 0.2) is 0 Å². The predicted molar refractivity (Wildman–Crippen MR) is 183 cm³/mol. The fraction of sp³-hybridized carbons (Fsp3) is 0.594. The Bertz CT molecular complexity index is 1160. The predicted octanol–water partition coefficient (Wildman–Crippen LogP) is 8.28. The molecule has 0 bridgehead atoms. The van der Waals surface area contributed by atoms with Crippen molar-refractivity contribution in [3.05, 3.63) is 47.0 Å². The molecule has 0 aromatic heterocycles. The van der Waals surface area contributed by atoms with E-state index in [0.29, 0.717) is 12.3 Å². The van der Waals surface area contributed by atoms with Crippen molar-refractivity contribution in [2.45, 2.75) is 89.2 Å².